The third kappa shape index (κ3) is 5.34. The molecule has 0 saturated carbocycles. The first-order valence-corrected chi connectivity index (χ1v) is 11.8. The van der Waals surface area contributed by atoms with Crippen LogP contribution in [0, 0.1) is 13.8 Å². The topological polar surface area (TPSA) is 18.5 Å². The van der Waals surface area contributed by atoms with E-state index in [0.29, 0.717) is 6.04 Å². The zero-order chi connectivity index (χ0) is 21.7. The summed E-state index contributed by atoms with van der Waals surface area (Å²) in [6.45, 7) is 14.2. The largest absolute Gasteiger partial charge is 0.371 e. The van der Waals surface area contributed by atoms with Crippen LogP contribution in [0.4, 0.5) is 11.4 Å². The molecule has 0 amide bonds. The van der Waals surface area contributed by atoms with E-state index in [1.165, 1.54) is 53.7 Å². The molecule has 30 heavy (non-hydrogen) atoms. The van der Waals surface area contributed by atoms with Crippen molar-refractivity contribution < 1.29 is 0 Å². The summed E-state index contributed by atoms with van der Waals surface area (Å²) in [6.07, 6.45) is 4.68. The number of thiocarbonyl (C=S) groups is 1. The molecule has 4 heteroatoms. The van der Waals surface area contributed by atoms with E-state index < -0.39 is 0 Å². The Morgan fingerprint density at radius 3 is 2.67 bits per heavy atom. The van der Waals surface area contributed by atoms with E-state index in [1.54, 1.807) is 0 Å². The van der Waals surface area contributed by atoms with Gasteiger partial charge in [0.15, 0.2) is 5.11 Å². The van der Waals surface area contributed by atoms with Crippen molar-refractivity contribution in [3.8, 4) is 0 Å². The van der Waals surface area contributed by atoms with E-state index in [4.69, 9.17) is 12.2 Å². The van der Waals surface area contributed by atoms with Gasteiger partial charge >= 0.3 is 0 Å². The maximum atomic E-state index is 5.87. The van der Waals surface area contributed by atoms with Gasteiger partial charge in [-0.15, -0.1) is 0 Å². The fourth-order valence-electron chi connectivity index (χ4n) is 4.31. The molecule has 0 fully saturated rings. The summed E-state index contributed by atoms with van der Waals surface area (Å²) in [5.74, 6) is 0. The van der Waals surface area contributed by atoms with Gasteiger partial charge in [0.05, 0.1) is 0 Å². The van der Waals surface area contributed by atoms with Gasteiger partial charge in [-0.05, 0) is 87.5 Å². The monoisotopic (exact) mass is 423 g/mol. The van der Waals surface area contributed by atoms with E-state index in [-0.39, 0.29) is 0 Å². The lowest BCUT2D eigenvalue weighted by Crippen LogP contribution is -2.40. The first-order valence-electron chi connectivity index (χ1n) is 11.4. The van der Waals surface area contributed by atoms with Crippen molar-refractivity contribution in [1.29, 1.82) is 0 Å². The van der Waals surface area contributed by atoms with Gasteiger partial charge in [-0.3, -0.25) is 0 Å². The lowest BCUT2D eigenvalue weighted by Gasteiger charge is -2.34. The van der Waals surface area contributed by atoms with Gasteiger partial charge in [-0.2, -0.15) is 0 Å². The van der Waals surface area contributed by atoms with Gasteiger partial charge in [0.2, 0.25) is 0 Å². The Labute approximate surface area is 188 Å². The molecule has 0 aromatic heterocycles. The van der Waals surface area contributed by atoms with E-state index in [2.05, 4.69) is 86.1 Å². The summed E-state index contributed by atoms with van der Waals surface area (Å²) in [7, 11) is 0. The molecule has 3 nitrogen and oxygen atoms in total. The summed E-state index contributed by atoms with van der Waals surface area (Å²) >= 11 is 5.87. The van der Waals surface area contributed by atoms with Gasteiger partial charge in [0.1, 0.15) is 0 Å². The summed E-state index contributed by atoms with van der Waals surface area (Å²) in [6, 6.07) is 13.9. The van der Waals surface area contributed by atoms with Gasteiger partial charge < -0.3 is 15.1 Å². The number of rotatable bonds is 7. The second-order valence-electron chi connectivity index (χ2n) is 8.69. The van der Waals surface area contributed by atoms with Gasteiger partial charge in [0.25, 0.3) is 0 Å². The van der Waals surface area contributed by atoms with Gasteiger partial charge in [-0.25, -0.2) is 0 Å². The number of hydrogen-bond donors (Lipinski definition) is 1. The highest BCUT2D eigenvalue weighted by atomic mass is 32.1. The third-order valence-electron chi connectivity index (χ3n) is 6.21. The molecule has 1 aliphatic heterocycles. The molecule has 2 aromatic rings. The Balaban J connectivity index is 1.79. The molecule has 1 unspecified atom stereocenters. The molecule has 0 radical (unpaired) electrons. The quantitative estimate of drug-likeness (QED) is 0.515. The van der Waals surface area contributed by atoms with Crippen molar-refractivity contribution >= 4 is 28.7 Å². The molecular weight excluding hydrogens is 386 g/mol. The Hall–Kier alpha value is -2.07. The number of benzene rings is 2. The molecule has 1 atom stereocenters. The maximum Gasteiger partial charge on any atom is 0.173 e. The zero-order valence-corrected chi connectivity index (χ0v) is 20.1. The molecule has 0 spiro atoms. The minimum atomic E-state index is 0.378. The van der Waals surface area contributed by atoms with E-state index in [0.717, 1.165) is 30.3 Å². The van der Waals surface area contributed by atoms with Crippen molar-refractivity contribution in [2.75, 3.05) is 23.3 Å². The van der Waals surface area contributed by atoms with Crippen LogP contribution in [0.3, 0.4) is 0 Å². The molecule has 2 aromatic carbocycles. The minimum absolute atomic E-state index is 0.378. The van der Waals surface area contributed by atoms with Crippen molar-refractivity contribution in [2.24, 2.45) is 0 Å². The molecule has 3 rings (SSSR count). The Bertz CT molecular complexity index is 877. The second-order valence-corrected chi connectivity index (χ2v) is 9.07. The summed E-state index contributed by atoms with van der Waals surface area (Å²) in [5, 5.41) is 4.32. The SMILES string of the molecule is CCCN1CCCc2cc(CN(C(=S)Nc3ccc(C)cc3C)C(C)CC)ccc21. The van der Waals surface area contributed by atoms with Crippen LogP contribution < -0.4 is 10.2 Å². The first-order chi connectivity index (χ1) is 14.4. The third-order valence-corrected chi connectivity index (χ3v) is 6.55. The fraction of sp³-hybridized carbons (Fsp3) is 0.500. The lowest BCUT2D eigenvalue weighted by molar-refractivity contribution is 0.319. The van der Waals surface area contributed by atoms with Crippen molar-refractivity contribution in [3.05, 3.63) is 58.7 Å². The molecular formula is C26H37N3S. The van der Waals surface area contributed by atoms with Crippen LogP contribution >= 0.6 is 12.2 Å². The molecule has 1 heterocycles. The smallest absolute Gasteiger partial charge is 0.173 e. The minimum Gasteiger partial charge on any atom is -0.371 e. The van der Waals surface area contributed by atoms with Crippen LogP contribution in [0.5, 0.6) is 0 Å². The van der Waals surface area contributed by atoms with Crippen LogP contribution in [0.1, 0.15) is 62.3 Å². The van der Waals surface area contributed by atoms with Gasteiger partial charge in [-0.1, -0.05) is 43.7 Å². The zero-order valence-electron chi connectivity index (χ0n) is 19.3. The lowest BCUT2D eigenvalue weighted by atomic mass is 9.98. The summed E-state index contributed by atoms with van der Waals surface area (Å²) in [4.78, 5) is 4.88. The van der Waals surface area contributed by atoms with E-state index in [1.807, 2.05) is 0 Å². The van der Waals surface area contributed by atoms with Crippen molar-refractivity contribution in [1.82, 2.24) is 4.90 Å². The number of aryl methyl sites for hydroxylation is 3. The average molecular weight is 424 g/mol. The standard InChI is InChI=1S/C26H37N3S/c1-6-14-28-15-8-9-23-17-22(11-13-25(23)28)18-29(21(5)7-2)26(30)27-24-12-10-19(3)16-20(24)4/h10-13,16-17,21H,6-9,14-15,18H2,1-5H3,(H,27,30). The molecule has 162 valence electrons. The van der Waals surface area contributed by atoms with Gasteiger partial charge in [0, 0.05) is 37.1 Å². The first kappa shape index (κ1) is 22.6. The number of nitrogens with one attached hydrogen (secondary N) is 1. The number of hydrogen-bond acceptors (Lipinski definition) is 2. The predicted molar refractivity (Wildman–Crippen MR) is 135 cm³/mol. The predicted octanol–water partition coefficient (Wildman–Crippen LogP) is 6.46. The summed E-state index contributed by atoms with van der Waals surface area (Å²) in [5.41, 5.74) is 7.86. The highest BCUT2D eigenvalue weighted by Crippen LogP contribution is 2.29. The van der Waals surface area contributed by atoms with Crippen molar-refractivity contribution in [3.63, 3.8) is 0 Å². The summed E-state index contributed by atoms with van der Waals surface area (Å²) < 4.78 is 0. The Morgan fingerprint density at radius 2 is 1.97 bits per heavy atom. The average Bonchev–Trinajstić information content (AvgIpc) is 2.73. The molecule has 1 aliphatic rings. The van der Waals surface area contributed by atoms with Crippen LogP contribution in [0.15, 0.2) is 36.4 Å². The number of anilines is 2. The fourth-order valence-corrected chi connectivity index (χ4v) is 4.67. The molecule has 1 N–H and O–H groups in total. The second kappa shape index (κ2) is 10.3. The highest BCUT2D eigenvalue weighted by molar-refractivity contribution is 7.80. The van der Waals surface area contributed by atoms with Crippen LogP contribution in [-0.4, -0.2) is 29.1 Å². The van der Waals surface area contributed by atoms with Crippen LogP contribution in [-0.2, 0) is 13.0 Å². The normalized spacial score (nSPS) is 14.2. The molecule has 0 saturated heterocycles. The number of nitrogens with zero attached hydrogens (tertiary/aromatic N) is 2. The highest BCUT2D eigenvalue weighted by Gasteiger charge is 2.20. The molecule has 0 aliphatic carbocycles. The van der Waals surface area contributed by atoms with E-state index in [9.17, 15) is 0 Å². The Kier molecular flexibility index (Phi) is 7.76. The maximum absolute atomic E-state index is 5.87. The van der Waals surface area contributed by atoms with Crippen LogP contribution in [0.25, 0.3) is 0 Å². The Morgan fingerprint density at radius 1 is 1.17 bits per heavy atom. The van der Waals surface area contributed by atoms with Crippen molar-refractivity contribution in [2.45, 2.75) is 72.9 Å². The number of fused-ring (bicyclic) bond motifs is 1. The molecule has 0 bridgehead atoms. The van der Waals surface area contributed by atoms with Crippen LogP contribution in [0.2, 0.25) is 0 Å². The van der Waals surface area contributed by atoms with E-state index >= 15 is 0 Å².